The van der Waals surface area contributed by atoms with E-state index in [4.69, 9.17) is 4.74 Å². The molecule has 0 aromatic rings. The van der Waals surface area contributed by atoms with Gasteiger partial charge in [0.1, 0.15) is 0 Å². The lowest BCUT2D eigenvalue weighted by atomic mass is 10.0. The first kappa shape index (κ1) is 62.3. The number of rotatable bonds is 53. The van der Waals surface area contributed by atoms with Crippen molar-refractivity contribution in [3.8, 4) is 0 Å². The van der Waals surface area contributed by atoms with E-state index in [-0.39, 0.29) is 18.5 Å². The van der Waals surface area contributed by atoms with E-state index in [0.717, 1.165) is 70.6 Å². The molecule has 0 rings (SSSR count). The van der Waals surface area contributed by atoms with Gasteiger partial charge in [-0.15, -0.1) is 0 Å². The number of ether oxygens (including phenoxy) is 1. The van der Waals surface area contributed by atoms with E-state index in [9.17, 15) is 19.8 Å². The van der Waals surface area contributed by atoms with Crippen molar-refractivity contribution in [2.75, 3.05) is 13.2 Å². The van der Waals surface area contributed by atoms with Crippen molar-refractivity contribution in [3.05, 3.63) is 24.3 Å². The predicted molar refractivity (Wildman–Crippen MR) is 278 cm³/mol. The molecule has 1 amide bonds. The van der Waals surface area contributed by atoms with E-state index in [0.29, 0.717) is 25.9 Å². The number of allylic oxidation sites excluding steroid dienone is 4. The highest BCUT2D eigenvalue weighted by molar-refractivity contribution is 5.76. The molecule has 2 unspecified atom stereocenters. The lowest BCUT2D eigenvalue weighted by Crippen LogP contribution is -2.45. The van der Waals surface area contributed by atoms with E-state index in [1.54, 1.807) is 0 Å². The Labute approximate surface area is 399 Å². The van der Waals surface area contributed by atoms with Gasteiger partial charge in [-0.05, 0) is 51.4 Å². The van der Waals surface area contributed by atoms with Crippen LogP contribution in [0.1, 0.15) is 309 Å². The topological polar surface area (TPSA) is 95.9 Å². The first-order valence-electron chi connectivity index (χ1n) is 28.6. The summed E-state index contributed by atoms with van der Waals surface area (Å²) in [7, 11) is 0. The lowest BCUT2D eigenvalue weighted by Gasteiger charge is -2.22. The summed E-state index contributed by atoms with van der Waals surface area (Å²) in [6.45, 7) is 4.89. The highest BCUT2D eigenvalue weighted by Crippen LogP contribution is 2.17. The molecule has 0 radical (unpaired) electrons. The summed E-state index contributed by atoms with van der Waals surface area (Å²) in [5.41, 5.74) is 0. The van der Waals surface area contributed by atoms with Crippen LogP contribution in [0.15, 0.2) is 24.3 Å². The highest BCUT2D eigenvalue weighted by atomic mass is 16.5. The summed E-state index contributed by atoms with van der Waals surface area (Å²) in [6.07, 6.45) is 64.4. The quantitative estimate of drug-likeness (QED) is 0.0321. The first-order chi connectivity index (χ1) is 31.5. The Balaban J connectivity index is 3.46. The molecule has 2 atom stereocenters. The standard InChI is InChI=1S/C58H111NO5/c1-3-5-7-9-11-13-15-17-19-20-21-22-23-24-25-26-30-34-38-42-46-50-56(61)55(54-60)59-57(62)51-47-43-39-35-31-28-29-33-37-41-45-49-53-64-58(63)52-48-44-40-36-32-27-18-16-14-12-10-8-6-4-2/h10,12,16,18,55-56,60-61H,3-9,11,13-15,17,19-54H2,1-2H3,(H,59,62)/b12-10-,18-16-. The number of amides is 1. The number of nitrogens with one attached hydrogen (secondary N) is 1. The van der Waals surface area contributed by atoms with Crippen LogP contribution in [0.3, 0.4) is 0 Å². The predicted octanol–water partition coefficient (Wildman–Crippen LogP) is 17.5. The fourth-order valence-electron chi connectivity index (χ4n) is 8.83. The van der Waals surface area contributed by atoms with Crippen LogP contribution in [0.25, 0.3) is 0 Å². The summed E-state index contributed by atoms with van der Waals surface area (Å²) in [6, 6.07) is -0.555. The van der Waals surface area contributed by atoms with Crippen molar-refractivity contribution in [3.63, 3.8) is 0 Å². The van der Waals surface area contributed by atoms with Gasteiger partial charge in [0.15, 0.2) is 0 Å². The zero-order chi connectivity index (χ0) is 46.5. The zero-order valence-corrected chi connectivity index (χ0v) is 43.0. The van der Waals surface area contributed by atoms with Crippen LogP contribution in [-0.2, 0) is 14.3 Å². The Morgan fingerprint density at radius 1 is 0.438 bits per heavy atom. The van der Waals surface area contributed by atoms with E-state index in [1.165, 1.54) is 205 Å². The third kappa shape index (κ3) is 49.8. The normalized spacial score (nSPS) is 12.8. The molecule has 0 aliphatic carbocycles. The molecule has 0 aromatic heterocycles. The second-order valence-electron chi connectivity index (χ2n) is 19.6. The molecular weight excluding hydrogens is 791 g/mol. The van der Waals surface area contributed by atoms with Gasteiger partial charge in [-0.3, -0.25) is 9.59 Å². The fourth-order valence-corrected chi connectivity index (χ4v) is 8.83. The molecule has 0 bridgehead atoms. The average Bonchev–Trinajstić information content (AvgIpc) is 3.29. The highest BCUT2D eigenvalue weighted by Gasteiger charge is 2.20. The molecule has 0 aromatic carbocycles. The Hall–Kier alpha value is -1.66. The average molecular weight is 903 g/mol. The maximum absolute atomic E-state index is 12.5. The van der Waals surface area contributed by atoms with Crippen molar-refractivity contribution in [1.29, 1.82) is 0 Å². The van der Waals surface area contributed by atoms with E-state index in [1.807, 2.05) is 0 Å². The molecule has 0 saturated carbocycles. The zero-order valence-electron chi connectivity index (χ0n) is 43.0. The van der Waals surface area contributed by atoms with Crippen LogP contribution >= 0.6 is 0 Å². The van der Waals surface area contributed by atoms with Gasteiger partial charge in [0.25, 0.3) is 0 Å². The third-order valence-corrected chi connectivity index (χ3v) is 13.3. The summed E-state index contributed by atoms with van der Waals surface area (Å²) in [5.74, 6) is -0.0719. The molecule has 64 heavy (non-hydrogen) atoms. The van der Waals surface area contributed by atoms with E-state index in [2.05, 4.69) is 43.5 Å². The Morgan fingerprint density at radius 3 is 1.23 bits per heavy atom. The number of carbonyl (C=O) groups excluding carboxylic acids is 2. The summed E-state index contributed by atoms with van der Waals surface area (Å²) in [4.78, 5) is 24.5. The van der Waals surface area contributed by atoms with Crippen molar-refractivity contribution >= 4 is 11.9 Å². The van der Waals surface area contributed by atoms with Crippen molar-refractivity contribution in [2.45, 2.75) is 321 Å². The summed E-state index contributed by atoms with van der Waals surface area (Å²) >= 11 is 0. The van der Waals surface area contributed by atoms with Gasteiger partial charge in [0.2, 0.25) is 5.91 Å². The van der Waals surface area contributed by atoms with Gasteiger partial charge in [-0.1, -0.05) is 269 Å². The number of hydrogen-bond donors (Lipinski definition) is 3. The number of carbonyl (C=O) groups is 2. The minimum Gasteiger partial charge on any atom is -0.466 e. The Kier molecular flexibility index (Phi) is 52.6. The number of hydrogen-bond acceptors (Lipinski definition) is 5. The molecule has 0 saturated heterocycles. The van der Waals surface area contributed by atoms with E-state index < -0.39 is 12.1 Å². The van der Waals surface area contributed by atoms with Gasteiger partial charge >= 0.3 is 5.97 Å². The first-order valence-corrected chi connectivity index (χ1v) is 28.6. The molecule has 0 fully saturated rings. The van der Waals surface area contributed by atoms with Gasteiger partial charge in [-0.25, -0.2) is 0 Å². The number of aliphatic hydroxyl groups excluding tert-OH is 2. The van der Waals surface area contributed by atoms with Crippen molar-refractivity contribution < 1.29 is 24.5 Å². The van der Waals surface area contributed by atoms with Gasteiger partial charge < -0.3 is 20.3 Å². The van der Waals surface area contributed by atoms with Crippen LogP contribution in [-0.4, -0.2) is 47.4 Å². The third-order valence-electron chi connectivity index (χ3n) is 13.3. The van der Waals surface area contributed by atoms with Crippen molar-refractivity contribution in [2.24, 2.45) is 0 Å². The monoisotopic (exact) mass is 902 g/mol. The molecule has 378 valence electrons. The largest absolute Gasteiger partial charge is 0.466 e. The molecule has 6 nitrogen and oxygen atoms in total. The van der Waals surface area contributed by atoms with Crippen LogP contribution < -0.4 is 5.32 Å². The number of esters is 1. The van der Waals surface area contributed by atoms with Crippen LogP contribution in [0.2, 0.25) is 0 Å². The molecule has 3 N–H and O–H groups in total. The maximum atomic E-state index is 12.5. The Morgan fingerprint density at radius 2 is 0.797 bits per heavy atom. The minimum absolute atomic E-state index is 0.0231. The number of aliphatic hydroxyl groups is 2. The lowest BCUT2D eigenvalue weighted by molar-refractivity contribution is -0.143. The van der Waals surface area contributed by atoms with Gasteiger partial charge in [-0.2, -0.15) is 0 Å². The molecule has 6 heteroatoms. The van der Waals surface area contributed by atoms with Crippen LogP contribution in [0.4, 0.5) is 0 Å². The molecule has 0 spiro atoms. The van der Waals surface area contributed by atoms with Gasteiger partial charge in [0.05, 0.1) is 25.4 Å². The van der Waals surface area contributed by atoms with Crippen LogP contribution in [0.5, 0.6) is 0 Å². The minimum atomic E-state index is -0.676. The molecule has 0 aliphatic heterocycles. The van der Waals surface area contributed by atoms with Crippen molar-refractivity contribution in [1.82, 2.24) is 5.32 Å². The Bertz CT molecular complexity index is 997. The fraction of sp³-hybridized carbons (Fsp3) is 0.897. The number of unbranched alkanes of at least 4 members (excludes halogenated alkanes) is 38. The molecule has 0 heterocycles. The molecular formula is C58H111NO5. The maximum Gasteiger partial charge on any atom is 0.305 e. The van der Waals surface area contributed by atoms with Gasteiger partial charge in [0, 0.05) is 12.8 Å². The van der Waals surface area contributed by atoms with E-state index >= 15 is 0 Å². The SMILES string of the molecule is CCCC/C=C\C/C=C\CCCCCCCC(=O)OCCCCCCCCCCCCCCC(=O)NC(CO)C(O)CCCCCCCCCCCCCCCCCCCCCCC. The summed E-state index contributed by atoms with van der Waals surface area (Å²) < 4.78 is 5.46. The second-order valence-corrected chi connectivity index (χ2v) is 19.6. The smallest absolute Gasteiger partial charge is 0.305 e. The summed E-state index contributed by atoms with van der Waals surface area (Å²) in [5, 5.41) is 23.3. The molecule has 0 aliphatic rings. The van der Waals surface area contributed by atoms with Crippen LogP contribution in [0, 0.1) is 0 Å². The second kappa shape index (κ2) is 54.0.